The molecule has 1 aliphatic carbocycles. The number of carbonyl (C=O) groups is 1. The van der Waals surface area contributed by atoms with Crippen molar-refractivity contribution in [3.8, 4) is 0 Å². The van der Waals surface area contributed by atoms with Gasteiger partial charge in [-0.15, -0.1) is 0 Å². The smallest absolute Gasteiger partial charge is 0.238 e. The predicted molar refractivity (Wildman–Crippen MR) is 79.0 cm³/mol. The third-order valence-electron chi connectivity index (χ3n) is 4.81. The highest BCUT2D eigenvalue weighted by atomic mass is 32.2. The van der Waals surface area contributed by atoms with E-state index in [1.54, 1.807) is 4.90 Å². The van der Waals surface area contributed by atoms with E-state index in [1.807, 2.05) is 0 Å². The quantitative estimate of drug-likeness (QED) is 0.837. The van der Waals surface area contributed by atoms with Crippen LogP contribution in [0.1, 0.15) is 45.4 Å². The molecule has 6 heteroatoms. The van der Waals surface area contributed by atoms with Gasteiger partial charge in [0.25, 0.3) is 0 Å². The fourth-order valence-electron chi connectivity index (χ4n) is 3.54. The molecule has 2 atom stereocenters. The average Bonchev–Trinajstić information content (AvgIpc) is 2.92. The van der Waals surface area contributed by atoms with Crippen LogP contribution < -0.4 is 5.73 Å². The summed E-state index contributed by atoms with van der Waals surface area (Å²) in [6.07, 6.45) is 5.35. The van der Waals surface area contributed by atoms with Gasteiger partial charge in [-0.3, -0.25) is 4.79 Å². The molecular formula is C14H26N2O3S. The van der Waals surface area contributed by atoms with Gasteiger partial charge in [0.15, 0.2) is 9.84 Å². The highest BCUT2D eigenvalue weighted by molar-refractivity contribution is 7.92. The van der Waals surface area contributed by atoms with Gasteiger partial charge >= 0.3 is 0 Å². The first-order chi connectivity index (χ1) is 9.45. The molecule has 2 rings (SSSR count). The molecule has 0 bridgehead atoms. The van der Waals surface area contributed by atoms with E-state index in [4.69, 9.17) is 5.73 Å². The van der Waals surface area contributed by atoms with E-state index < -0.39 is 9.84 Å². The Morgan fingerprint density at radius 3 is 2.45 bits per heavy atom. The van der Waals surface area contributed by atoms with Gasteiger partial charge < -0.3 is 10.6 Å². The number of rotatable bonds is 4. The van der Waals surface area contributed by atoms with Crippen LogP contribution in [-0.2, 0) is 14.6 Å². The fraction of sp³-hybridized carbons (Fsp3) is 0.929. The first-order valence-corrected chi connectivity index (χ1v) is 9.38. The molecule has 0 radical (unpaired) electrons. The molecule has 2 aliphatic rings. The van der Waals surface area contributed by atoms with Crippen molar-refractivity contribution in [1.29, 1.82) is 0 Å². The van der Waals surface area contributed by atoms with E-state index in [1.165, 1.54) is 0 Å². The monoisotopic (exact) mass is 302 g/mol. The molecule has 116 valence electrons. The van der Waals surface area contributed by atoms with Gasteiger partial charge in [0.05, 0.1) is 5.25 Å². The van der Waals surface area contributed by atoms with Crippen molar-refractivity contribution in [2.24, 2.45) is 11.7 Å². The third kappa shape index (κ3) is 3.34. The highest BCUT2D eigenvalue weighted by Crippen LogP contribution is 2.27. The zero-order valence-corrected chi connectivity index (χ0v) is 13.1. The van der Waals surface area contributed by atoms with E-state index in [9.17, 15) is 13.2 Å². The van der Waals surface area contributed by atoms with Crippen molar-refractivity contribution >= 4 is 15.7 Å². The number of piperidine rings is 1. The van der Waals surface area contributed by atoms with Crippen LogP contribution in [0, 0.1) is 5.92 Å². The number of carbonyl (C=O) groups excluding carboxylic acids is 1. The Hall–Kier alpha value is -0.620. The van der Waals surface area contributed by atoms with Gasteiger partial charge in [-0.25, -0.2) is 8.42 Å². The lowest BCUT2D eigenvalue weighted by atomic mass is 9.91. The second kappa shape index (κ2) is 6.43. The highest BCUT2D eigenvalue weighted by Gasteiger charge is 2.36. The zero-order valence-electron chi connectivity index (χ0n) is 12.3. The SMILES string of the molecule is C[C@H]1CCCN(C(=O)CS(=O)(=O)C2CCCC2)[C@@H]1CN. The molecule has 2 fully saturated rings. The first kappa shape index (κ1) is 15.8. The number of nitrogens with zero attached hydrogens (tertiary/aromatic N) is 1. The number of amides is 1. The van der Waals surface area contributed by atoms with Crippen LogP contribution in [0.5, 0.6) is 0 Å². The van der Waals surface area contributed by atoms with Crippen LogP contribution in [0.3, 0.4) is 0 Å². The van der Waals surface area contributed by atoms with Crippen molar-refractivity contribution in [3.63, 3.8) is 0 Å². The van der Waals surface area contributed by atoms with E-state index in [0.29, 0.717) is 31.8 Å². The first-order valence-electron chi connectivity index (χ1n) is 7.67. The Balaban J connectivity index is 2.03. The summed E-state index contributed by atoms with van der Waals surface area (Å²) >= 11 is 0. The van der Waals surface area contributed by atoms with Crippen LogP contribution in [0.15, 0.2) is 0 Å². The van der Waals surface area contributed by atoms with E-state index in [-0.39, 0.29) is 23.0 Å². The number of nitrogens with two attached hydrogens (primary N) is 1. The van der Waals surface area contributed by atoms with Crippen LogP contribution in [0.4, 0.5) is 0 Å². The maximum Gasteiger partial charge on any atom is 0.238 e. The maximum absolute atomic E-state index is 12.4. The third-order valence-corrected chi connectivity index (χ3v) is 6.95. The molecule has 5 nitrogen and oxygen atoms in total. The predicted octanol–water partition coefficient (Wildman–Crippen LogP) is 0.930. The summed E-state index contributed by atoms with van der Waals surface area (Å²) in [5.41, 5.74) is 5.76. The standard InChI is InChI=1S/C14H26N2O3S/c1-11-5-4-8-16(13(11)9-15)14(17)10-20(18,19)12-6-2-3-7-12/h11-13H,2-10,15H2,1H3/t11-,13+/m0/s1. The average molecular weight is 302 g/mol. The van der Waals surface area contributed by atoms with Crippen LogP contribution in [-0.4, -0.2) is 49.4 Å². The minimum Gasteiger partial charge on any atom is -0.337 e. The molecule has 0 aromatic rings. The fourth-order valence-corrected chi connectivity index (χ4v) is 5.34. The molecule has 1 saturated heterocycles. The molecular weight excluding hydrogens is 276 g/mol. The summed E-state index contributed by atoms with van der Waals surface area (Å²) < 4.78 is 24.6. The molecule has 20 heavy (non-hydrogen) atoms. The summed E-state index contributed by atoms with van der Waals surface area (Å²) in [6.45, 7) is 3.14. The lowest BCUT2D eigenvalue weighted by Gasteiger charge is -2.39. The van der Waals surface area contributed by atoms with Gasteiger partial charge in [0.1, 0.15) is 5.75 Å². The lowest BCUT2D eigenvalue weighted by Crippen LogP contribution is -2.53. The summed E-state index contributed by atoms with van der Waals surface area (Å²) in [6, 6.07) is -0.00460. The summed E-state index contributed by atoms with van der Waals surface area (Å²) in [4.78, 5) is 14.1. The molecule has 0 spiro atoms. The largest absolute Gasteiger partial charge is 0.337 e. The lowest BCUT2D eigenvalue weighted by molar-refractivity contribution is -0.133. The van der Waals surface area contributed by atoms with Crippen molar-refractivity contribution in [3.05, 3.63) is 0 Å². The Bertz CT molecular complexity index is 443. The van der Waals surface area contributed by atoms with Crippen molar-refractivity contribution in [1.82, 2.24) is 4.90 Å². The molecule has 2 N–H and O–H groups in total. The molecule has 1 heterocycles. The van der Waals surface area contributed by atoms with Crippen LogP contribution in [0.25, 0.3) is 0 Å². The van der Waals surface area contributed by atoms with Gasteiger partial charge in [-0.1, -0.05) is 19.8 Å². The maximum atomic E-state index is 12.4. The molecule has 0 aromatic carbocycles. The molecule has 1 amide bonds. The van der Waals surface area contributed by atoms with E-state index in [0.717, 1.165) is 25.7 Å². The molecule has 0 aromatic heterocycles. The Kier molecular flexibility index (Phi) is 5.07. The molecule has 1 aliphatic heterocycles. The second-order valence-electron chi connectivity index (χ2n) is 6.22. The minimum absolute atomic E-state index is 0.00460. The van der Waals surface area contributed by atoms with Crippen molar-refractivity contribution in [2.75, 3.05) is 18.8 Å². The Morgan fingerprint density at radius 2 is 1.85 bits per heavy atom. The Labute approximate surface area is 121 Å². The number of likely N-dealkylation sites (tertiary alicyclic amines) is 1. The Morgan fingerprint density at radius 1 is 1.20 bits per heavy atom. The summed E-state index contributed by atoms with van der Waals surface area (Å²) in [7, 11) is -3.29. The van der Waals surface area contributed by atoms with Gasteiger partial charge in [0.2, 0.25) is 5.91 Å². The molecule has 0 unspecified atom stereocenters. The normalized spacial score (nSPS) is 28.8. The summed E-state index contributed by atoms with van der Waals surface area (Å²) in [5, 5.41) is -0.301. The van der Waals surface area contributed by atoms with Crippen molar-refractivity contribution in [2.45, 2.75) is 56.7 Å². The summed E-state index contributed by atoms with van der Waals surface area (Å²) in [5.74, 6) is -0.230. The van der Waals surface area contributed by atoms with Crippen LogP contribution >= 0.6 is 0 Å². The van der Waals surface area contributed by atoms with Gasteiger partial charge in [-0.05, 0) is 31.6 Å². The number of sulfone groups is 1. The minimum atomic E-state index is -3.29. The topological polar surface area (TPSA) is 80.5 Å². The van der Waals surface area contributed by atoms with Gasteiger partial charge in [-0.2, -0.15) is 0 Å². The number of hydrogen-bond donors (Lipinski definition) is 1. The van der Waals surface area contributed by atoms with Crippen molar-refractivity contribution < 1.29 is 13.2 Å². The van der Waals surface area contributed by atoms with Crippen LogP contribution in [0.2, 0.25) is 0 Å². The molecule has 1 saturated carbocycles. The second-order valence-corrected chi connectivity index (χ2v) is 8.50. The van der Waals surface area contributed by atoms with E-state index >= 15 is 0 Å². The van der Waals surface area contributed by atoms with Gasteiger partial charge in [0, 0.05) is 19.1 Å². The zero-order chi connectivity index (χ0) is 14.8. The number of hydrogen-bond acceptors (Lipinski definition) is 4. The van der Waals surface area contributed by atoms with E-state index in [2.05, 4.69) is 6.92 Å².